The molecule has 0 saturated carbocycles. The average molecular weight is 446 g/mol. The highest BCUT2D eigenvalue weighted by Crippen LogP contribution is 2.35. The summed E-state index contributed by atoms with van der Waals surface area (Å²) in [5, 5.41) is 17.4. The van der Waals surface area contributed by atoms with E-state index >= 15 is 0 Å². The lowest BCUT2D eigenvalue weighted by atomic mass is 10.1. The van der Waals surface area contributed by atoms with Crippen LogP contribution in [0.25, 0.3) is 22.2 Å². The van der Waals surface area contributed by atoms with Crippen molar-refractivity contribution in [2.75, 3.05) is 18.5 Å². The predicted molar refractivity (Wildman–Crippen MR) is 125 cm³/mol. The Labute approximate surface area is 192 Å². The summed E-state index contributed by atoms with van der Waals surface area (Å²) in [4.78, 5) is 9.12. The van der Waals surface area contributed by atoms with Crippen molar-refractivity contribution >= 4 is 16.7 Å². The fourth-order valence-electron chi connectivity index (χ4n) is 3.95. The summed E-state index contributed by atoms with van der Waals surface area (Å²) in [5.41, 5.74) is 4.30. The number of hydrogen-bond acceptors (Lipinski definition) is 8. The zero-order chi connectivity index (χ0) is 22.8. The van der Waals surface area contributed by atoms with Gasteiger partial charge in [0.15, 0.2) is 0 Å². The molecule has 4 aromatic rings. The summed E-state index contributed by atoms with van der Waals surface area (Å²) in [6.07, 6.45) is 5.30. The molecular weight excluding hydrogens is 418 g/mol. The van der Waals surface area contributed by atoms with Crippen LogP contribution in [0.1, 0.15) is 37.2 Å². The topological polar surface area (TPSA) is 99.9 Å². The van der Waals surface area contributed by atoms with E-state index < -0.39 is 0 Å². The molecule has 1 aliphatic rings. The minimum absolute atomic E-state index is 0.0884. The Bertz CT molecular complexity index is 1250. The van der Waals surface area contributed by atoms with Gasteiger partial charge in [-0.25, -0.2) is 9.97 Å². The van der Waals surface area contributed by atoms with Crippen molar-refractivity contribution in [3.63, 3.8) is 0 Å². The third kappa shape index (κ3) is 4.63. The van der Waals surface area contributed by atoms with Gasteiger partial charge in [0.25, 0.3) is 0 Å². The van der Waals surface area contributed by atoms with Gasteiger partial charge in [0.1, 0.15) is 29.5 Å². The lowest BCUT2D eigenvalue weighted by molar-refractivity contribution is 0.0261. The SMILES string of the molecule is Cc1ccc([C@@H](C)Nc2ncnc3c(OC4CCOCC4)cc(-c4ccn(C)n4)cc23)nn1. The van der Waals surface area contributed by atoms with Gasteiger partial charge < -0.3 is 14.8 Å². The van der Waals surface area contributed by atoms with Gasteiger partial charge in [-0.1, -0.05) is 0 Å². The van der Waals surface area contributed by atoms with E-state index in [0.29, 0.717) is 19.0 Å². The third-order valence-electron chi connectivity index (χ3n) is 5.79. The first kappa shape index (κ1) is 21.3. The summed E-state index contributed by atoms with van der Waals surface area (Å²) in [7, 11) is 1.91. The van der Waals surface area contributed by atoms with Gasteiger partial charge in [-0.2, -0.15) is 15.3 Å². The average Bonchev–Trinajstić information content (AvgIpc) is 3.27. The molecule has 1 fully saturated rings. The Balaban J connectivity index is 1.56. The smallest absolute Gasteiger partial charge is 0.146 e. The molecule has 4 heterocycles. The number of anilines is 1. The summed E-state index contributed by atoms with van der Waals surface area (Å²) >= 11 is 0. The van der Waals surface area contributed by atoms with Gasteiger partial charge in [0.2, 0.25) is 0 Å². The Morgan fingerprint density at radius 3 is 2.70 bits per heavy atom. The second-order valence-electron chi connectivity index (χ2n) is 8.36. The summed E-state index contributed by atoms with van der Waals surface area (Å²) in [6, 6.07) is 9.91. The Kier molecular flexibility index (Phi) is 5.87. The molecule has 3 aromatic heterocycles. The summed E-state index contributed by atoms with van der Waals surface area (Å²) in [6.45, 7) is 5.38. The number of aromatic nitrogens is 6. The zero-order valence-electron chi connectivity index (χ0n) is 19.0. The molecule has 0 aliphatic carbocycles. The molecule has 9 nitrogen and oxygen atoms in total. The van der Waals surface area contributed by atoms with Crippen LogP contribution in [0.4, 0.5) is 5.82 Å². The maximum absolute atomic E-state index is 6.44. The number of hydrogen-bond donors (Lipinski definition) is 1. The Hall–Kier alpha value is -3.59. The van der Waals surface area contributed by atoms with Gasteiger partial charge in [-0.15, -0.1) is 0 Å². The summed E-state index contributed by atoms with van der Waals surface area (Å²) < 4.78 is 13.7. The van der Waals surface area contributed by atoms with Crippen LogP contribution in [0.5, 0.6) is 5.75 Å². The number of rotatable bonds is 6. The van der Waals surface area contributed by atoms with Crippen molar-refractivity contribution in [2.24, 2.45) is 7.05 Å². The van der Waals surface area contributed by atoms with Crippen LogP contribution >= 0.6 is 0 Å². The van der Waals surface area contributed by atoms with E-state index in [0.717, 1.165) is 52.1 Å². The molecule has 5 rings (SSSR count). The standard InChI is InChI=1S/C24H27N7O2/c1-15-4-5-20(29-28-15)16(2)27-24-19-12-17(21-6-9-31(3)30-21)13-22(23(19)25-14-26-24)33-18-7-10-32-11-8-18/h4-6,9,12-14,16,18H,7-8,10-11H2,1-3H3,(H,25,26,27)/t16-/m1/s1. The van der Waals surface area contributed by atoms with E-state index in [2.05, 4.69) is 36.6 Å². The molecule has 0 radical (unpaired) electrons. The number of nitrogens with zero attached hydrogens (tertiary/aromatic N) is 6. The molecule has 0 spiro atoms. The van der Waals surface area contributed by atoms with Crippen molar-refractivity contribution in [3.8, 4) is 17.0 Å². The predicted octanol–water partition coefficient (Wildman–Crippen LogP) is 3.86. The lowest BCUT2D eigenvalue weighted by Gasteiger charge is -2.24. The van der Waals surface area contributed by atoms with E-state index in [1.165, 1.54) is 0 Å². The number of nitrogens with one attached hydrogen (secondary N) is 1. The highest BCUT2D eigenvalue weighted by Gasteiger charge is 2.20. The first-order valence-electron chi connectivity index (χ1n) is 11.2. The van der Waals surface area contributed by atoms with E-state index in [4.69, 9.17) is 9.47 Å². The van der Waals surface area contributed by atoms with Gasteiger partial charge >= 0.3 is 0 Å². The Morgan fingerprint density at radius 1 is 1.12 bits per heavy atom. The van der Waals surface area contributed by atoms with Crippen molar-refractivity contribution in [3.05, 3.63) is 54.2 Å². The molecular formula is C24H27N7O2. The minimum Gasteiger partial charge on any atom is -0.488 e. The molecule has 33 heavy (non-hydrogen) atoms. The molecule has 1 atom stereocenters. The largest absolute Gasteiger partial charge is 0.488 e. The third-order valence-corrected chi connectivity index (χ3v) is 5.79. The molecule has 170 valence electrons. The van der Waals surface area contributed by atoms with Gasteiger partial charge in [0.05, 0.1) is 36.3 Å². The molecule has 0 unspecified atom stereocenters. The Morgan fingerprint density at radius 2 is 1.97 bits per heavy atom. The number of benzene rings is 1. The second kappa shape index (κ2) is 9.11. The molecule has 1 aromatic carbocycles. The molecule has 9 heteroatoms. The van der Waals surface area contributed by atoms with Crippen LogP contribution in [-0.4, -0.2) is 49.3 Å². The summed E-state index contributed by atoms with van der Waals surface area (Å²) in [5.74, 6) is 1.44. The van der Waals surface area contributed by atoms with Gasteiger partial charge in [0, 0.05) is 37.0 Å². The van der Waals surface area contributed by atoms with Crippen LogP contribution in [0, 0.1) is 6.92 Å². The van der Waals surface area contributed by atoms with Crippen LogP contribution in [0.15, 0.2) is 42.9 Å². The number of ether oxygens (including phenoxy) is 2. The molecule has 1 aliphatic heterocycles. The number of aryl methyl sites for hydroxylation is 2. The van der Waals surface area contributed by atoms with Crippen LogP contribution in [0.2, 0.25) is 0 Å². The first-order valence-corrected chi connectivity index (χ1v) is 11.2. The fraction of sp³-hybridized carbons (Fsp3) is 0.375. The second-order valence-corrected chi connectivity index (χ2v) is 8.36. The monoisotopic (exact) mass is 445 g/mol. The van der Waals surface area contributed by atoms with Crippen molar-refractivity contribution in [1.82, 2.24) is 29.9 Å². The van der Waals surface area contributed by atoms with Crippen LogP contribution in [-0.2, 0) is 11.8 Å². The highest BCUT2D eigenvalue weighted by molar-refractivity contribution is 5.96. The maximum Gasteiger partial charge on any atom is 0.146 e. The van der Waals surface area contributed by atoms with E-state index in [1.807, 2.05) is 51.4 Å². The maximum atomic E-state index is 6.44. The van der Waals surface area contributed by atoms with Gasteiger partial charge in [-0.3, -0.25) is 4.68 Å². The van der Waals surface area contributed by atoms with Gasteiger partial charge in [-0.05, 0) is 44.2 Å². The zero-order valence-corrected chi connectivity index (χ0v) is 19.0. The fourth-order valence-corrected chi connectivity index (χ4v) is 3.95. The van der Waals surface area contributed by atoms with E-state index in [9.17, 15) is 0 Å². The van der Waals surface area contributed by atoms with Crippen molar-refractivity contribution < 1.29 is 9.47 Å². The van der Waals surface area contributed by atoms with Crippen molar-refractivity contribution in [2.45, 2.75) is 38.8 Å². The first-order chi connectivity index (χ1) is 16.1. The molecule has 0 bridgehead atoms. The van der Waals surface area contributed by atoms with E-state index in [-0.39, 0.29) is 12.1 Å². The number of fused-ring (bicyclic) bond motifs is 1. The lowest BCUT2D eigenvalue weighted by Crippen LogP contribution is -2.26. The van der Waals surface area contributed by atoms with E-state index in [1.54, 1.807) is 11.0 Å². The van der Waals surface area contributed by atoms with Crippen LogP contribution < -0.4 is 10.1 Å². The van der Waals surface area contributed by atoms with Crippen LogP contribution in [0.3, 0.4) is 0 Å². The quantitative estimate of drug-likeness (QED) is 0.478. The van der Waals surface area contributed by atoms with Crippen molar-refractivity contribution in [1.29, 1.82) is 0 Å². The molecule has 0 amide bonds. The molecule has 1 N–H and O–H groups in total. The normalized spacial score (nSPS) is 15.5. The highest BCUT2D eigenvalue weighted by atomic mass is 16.5. The molecule has 1 saturated heterocycles. The minimum atomic E-state index is -0.0884.